The van der Waals surface area contributed by atoms with Crippen LogP contribution in [-0.2, 0) is 0 Å². The molecule has 0 saturated heterocycles. The summed E-state index contributed by atoms with van der Waals surface area (Å²) in [5.41, 5.74) is 5.26. The van der Waals surface area contributed by atoms with Crippen LogP contribution in [-0.4, -0.2) is 30.9 Å². The fraction of sp³-hybridized carbons (Fsp3) is 0.136. The number of aryl methyl sites for hydroxylation is 1. The first-order valence-electron chi connectivity index (χ1n) is 9.46. The van der Waals surface area contributed by atoms with Crippen molar-refractivity contribution in [3.05, 3.63) is 83.4 Å². The summed E-state index contributed by atoms with van der Waals surface area (Å²) < 4.78 is 1.79. The first-order valence-corrected chi connectivity index (χ1v) is 9.46. The average molecular weight is 399 g/mol. The van der Waals surface area contributed by atoms with Crippen molar-refractivity contribution in [2.75, 3.05) is 10.6 Å². The predicted octanol–water partition coefficient (Wildman–Crippen LogP) is 3.98. The number of anilines is 3. The second kappa shape index (κ2) is 8.12. The van der Waals surface area contributed by atoms with Crippen molar-refractivity contribution in [2.24, 2.45) is 0 Å². The van der Waals surface area contributed by atoms with Crippen molar-refractivity contribution in [3.63, 3.8) is 0 Å². The molecule has 30 heavy (non-hydrogen) atoms. The zero-order valence-electron chi connectivity index (χ0n) is 16.9. The molecule has 4 rings (SSSR count). The molecule has 0 aliphatic rings. The SMILES string of the molecule is Cc1nn(-c2ccc(Nc3ccc(NC(=O)c4ccncc4)cc3)nn2)c(C)c1C. The summed E-state index contributed by atoms with van der Waals surface area (Å²) in [5.74, 6) is 1.10. The summed E-state index contributed by atoms with van der Waals surface area (Å²) in [6.07, 6.45) is 3.18. The van der Waals surface area contributed by atoms with Gasteiger partial charge in [0.05, 0.1) is 5.69 Å². The molecule has 0 bridgehead atoms. The third-order valence-corrected chi connectivity index (χ3v) is 4.88. The first kappa shape index (κ1) is 19.3. The molecule has 0 aliphatic carbocycles. The summed E-state index contributed by atoms with van der Waals surface area (Å²) in [5, 5.41) is 19.1. The lowest BCUT2D eigenvalue weighted by Gasteiger charge is -2.09. The molecule has 0 saturated carbocycles. The highest BCUT2D eigenvalue weighted by atomic mass is 16.1. The maximum absolute atomic E-state index is 12.2. The Hall–Kier alpha value is -4.07. The van der Waals surface area contributed by atoms with E-state index in [1.807, 2.05) is 57.2 Å². The molecule has 2 N–H and O–H groups in total. The fourth-order valence-electron chi connectivity index (χ4n) is 2.94. The Morgan fingerprint density at radius 2 is 1.57 bits per heavy atom. The molecule has 8 nitrogen and oxygen atoms in total. The highest BCUT2D eigenvalue weighted by Crippen LogP contribution is 2.19. The van der Waals surface area contributed by atoms with Gasteiger partial charge in [0.2, 0.25) is 0 Å². The number of carbonyl (C=O) groups excluding carboxylic acids is 1. The largest absolute Gasteiger partial charge is 0.339 e. The Morgan fingerprint density at radius 3 is 2.17 bits per heavy atom. The molecular formula is C22H21N7O. The molecule has 1 aromatic carbocycles. The predicted molar refractivity (Wildman–Crippen MR) is 115 cm³/mol. The molecule has 0 atom stereocenters. The van der Waals surface area contributed by atoms with Gasteiger partial charge in [-0.1, -0.05) is 0 Å². The van der Waals surface area contributed by atoms with Gasteiger partial charge in [-0.2, -0.15) is 5.10 Å². The number of hydrogen-bond donors (Lipinski definition) is 2. The van der Waals surface area contributed by atoms with Crippen LogP contribution in [0.4, 0.5) is 17.2 Å². The second-order valence-corrected chi connectivity index (χ2v) is 6.88. The monoisotopic (exact) mass is 399 g/mol. The van der Waals surface area contributed by atoms with E-state index >= 15 is 0 Å². The van der Waals surface area contributed by atoms with Crippen LogP contribution in [0.3, 0.4) is 0 Å². The van der Waals surface area contributed by atoms with E-state index in [1.54, 1.807) is 29.2 Å². The Bertz CT molecular complexity index is 1170. The topological polar surface area (TPSA) is 97.6 Å². The van der Waals surface area contributed by atoms with Crippen LogP contribution in [0, 0.1) is 20.8 Å². The molecule has 0 unspecified atom stereocenters. The molecule has 0 fully saturated rings. The van der Waals surface area contributed by atoms with Crippen LogP contribution >= 0.6 is 0 Å². The lowest BCUT2D eigenvalue weighted by atomic mass is 10.2. The van der Waals surface area contributed by atoms with Crippen molar-refractivity contribution in [1.29, 1.82) is 0 Å². The summed E-state index contributed by atoms with van der Waals surface area (Å²) >= 11 is 0. The van der Waals surface area contributed by atoms with E-state index < -0.39 is 0 Å². The molecule has 0 radical (unpaired) electrons. The van der Waals surface area contributed by atoms with Gasteiger partial charge in [-0.3, -0.25) is 9.78 Å². The number of nitrogens with one attached hydrogen (secondary N) is 2. The van der Waals surface area contributed by atoms with E-state index in [4.69, 9.17) is 0 Å². The number of aromatic nitrogens is 5. The Kier molecular flexibility index (Phi) is 5.21. The minimum Gasteiger partial charge on any atom is -0.339 e. The number of rotatable bonds is 5. The van der Waals surface area contributed by atoms with E-state index in [-0.39, 0.29) is 5.91 Å². The van der Waals surface area contributed by atoms with Crippen LogP contribution in [0.5, 0.6) is 0 Å². The zero-order chi connectivity index (χ0) is 21.1. The van der Waals surface area contributed by atoms with Gasteiger partial charge in [0, 0.05) is 35.0 Å². The molecular weight excluding hydrogens is 378 g/mol. The van der Waals surface area contributed by atoms with E-state index in [0.29, 0.717) is 22.9 Å². The van der Waals surface area contributed by atoms with Crippen LogP contribution in [0.15, 0.2) is 60.9 Å². The van der Waals surface area contributed by atoms with Crippen molar-refractivity contribution in [1.82, 2.24) is 25.0 Å². The number of hydrogen-bond acceptors (Lipinski definition) is 6. The minimum atomic E-state index is -0.182. The molecule has 0 aliphatic heterocycles. The summed E-state index contributed by atoms with van der Waals surface area (Å²) in [4.78, 5) is 16.1. The minimum absolute atomic E-state index is 0.182. The standard InChI is InChI=1S/C22H21N7O/c1-14-15(2)28-29(16(14)3)21-9-8-20(26-27-21)24-18-4-6-19(7-5-18)25-22(30)17-10-12-23-13-11-17/h4-13H,1-3H3,(H,24,26)(H,25,30). The first-order chi connectivity index (χ1) is 14.5. The number of amides is 1. The number of pyridine rings is 1. The Morgan fingerprint density at radius 1 is 0.867 bits per heavy atom. The number of benzene rings is 1. The smallest absolute Gasteiger partial charge is 0.255 e. The number of carbonyl (C=O) groups is 1. The van der Waals surface area contributed by atoms with Crippen molar-refractivity contribution >= 4 is 23.1 Å². The maximum Gasteiger partial charge on any atom is 0.255 e. The summed E-state index contributed by atoms with van der Waals surface area (Å²) in [6.45, 7) is 6.03. The average Bonchev–Trinajstić information content (AvgIpc) is 3.03. The van der Waals surface area contributed by atoms with Gasteiger partial charge in [-0.05, 0) is 74.9 Å². The fourth-order valence-corrected chi connectivity index (χ4v) is 2.94. The van der Waals surface area contributed by atoms with E-state index in [9.17, 15) is 4.79 Å². The van der Waals surface area contributed by atoms with Crippen LogP contribution in [0.25, 0.3) is 5.82 Å². The summed E-state index contributed by atoms with van der Waals surface area (Å²) in [6, 6.07) is 14.4. The lowest BCUT2D eigenvalue weighted by Crippen LogP contribution is -2.11. The van der Waals surface area contributed by atoms with Gasteiger partial charge < -0.3 is 10.6 Å². The quantitative estimate of drug-likeness (QED) is 0.527. The van der Waals surface area contributed by atoms with Crippen LogP contribution in [0.2, 0.25) is 0 Å². The zero-order valence-corrected chi connectivity index (χ0v) is 16.9. The molecule has 3 aromatic heterocycles. The molecule has 8 heteroatoms. The Balaban J connectivity index is 1.42. The third kappa shape index (κ3) is 4.02. The Labute approximate surface area is 174 Å². The highest BCUT2D eigenvalue weighted by Gasteiger charge is 2.10. The molecule has 150 valence electrons. The van der Waals surface area contributed by atoms with E-state index in [0.717, 1.165) is 22.6 Å². The van der Waals surface area contributed by atoms with E-state index in [2.05, 4.69) is 30.9 Å². The summed E-state index contributed by atoms with van der Waals surface area (Å²) in [7, 11) is 0. The molecule has 4 aromatic rings. The van der Waals surface area contributed by atoms with Gasteiger partial charge in [0.25, 0.3) is 5.91 Å². The lowest BCUT2D eigenvalue weighted by molar-refractivity contribution is 0.102. The van der Waals surface area contributed by atoms with Gasteiger partial charge in [-0.15, -0.1) is 10.2 Å². The molecule has 1 amide bonds. The van der Waals surface area contributed by atoms with Gasteiger partial charge in [0.15, 0.2) is 11.6 Å². The van der Waals surface area contributed by atoms with Crippen molar-refractivity contribution in [3.8, 4) is 5.82 Å². The molecule has 3 heterocycles. The van der Waals surface area contributed by atoms with Crippen molar-refractivity contribution in [2.45, 2.75) is 20.8 Å². The maximum atomic E-state index is 12.2. The van der Waals surface area contributed by atoms with Crippen molar-refractivity contribution < 1.29 is 4.79 Å². The van der Waals surface area contributed by atoms with E-state index in [1.165, 1.54) is 0 Å². The molecule has 0 spiro atoms. The highest BCUT2D eigenvalue weighted by molar-refractivity contribution is 6.04. The normalized spacial score (nSPS) is 10.6. The van der Waals surface area contributed by atoms with Crippen LogP contribution < -0.4 is 10.6 Å². The number of nitrogens with zero attached hydrogens (tertiary/aromatic N) is 5. The van der Waals surface area contributed by atoms with Gasteiger partial charge in [-0.25, -0.2) is 4.68 Å². The third-order valence-electron chi connectivity index (χ3n) is 4.88. The van der Waals surface area contributed by atoms with Gasteiger partial charge in [0.1, 0.15) is 0 Å². The second-order valence-electron chi connectivity index (χ2n) is 6.88. The van der Waals surface area contributed by atoms with Crippen LogP contribution in [0.1, 0.15) is 27.3 Å². The van der Waals surface area contributed by atoms with Gasteiger partial charge >= 0.3 is 0 Å².